The van der Waals surface area contributed by atoms with Crippen molar-refractivity contribution in [1.29, 1.82) is 0 Å². The molecule has 2 atom stereocenters. The molecular weight excluding hydrogens is 435 g/mol. The molecule has 170 valence electrons. The monoisotopic (exact) mass is 454 g/mol. The van der Waals surface area contributed by atoms with E-state index >= 15 is 0 Å². The maximum Gasteiger partial charge on any atom is 0.418 e. The van der Waals surface area contributed by atoms with Crippen LogP contribution in [0.3, 0.4) is 0 Å². The number of benzene rings is 1. The third-order valence-corrected chi connectivity index (χ3v) is 5.37. The lowest BCUT2D eigenvalue weighted by molar-refractivity contribution is -0.136. The SMILES string of the molecule is N[C@@H]1[C@H](Nc2ncc3ccc(C(=O)Nc4ccccc4C(F)(F)F)n3n2)CCCC1(F)F. The minimum atomic E-state index is -4.65. The van der Waals surface area contributed by atoms with E-state index in [1.807, 2.05) is 0 Å². The molecule has 0 unspecified atom stereocenters. The normalized spacial score (nSPS) is 20.8. The van der Waals surface area contributed by atoms with Crippen LogP contribution in [0.2, 0.25) is 0 Å². The van der Waals surface area contributed by atoms with Crippen LogP contribution in [0, 0.1) is 0 Å². The minimum absolute atomic E-state index is 0.0309. The molecule has 0 spiro atoms. The van der Waals surface area contributed by atoms with E-state index in [9.17, 15) is 26.7 Å². The predicted octanol–water partition coefficient (Wildman–Crippen LogP) is 3.93. The number of carbonyl (C=O) groups excluding carboxylic acids is 1. The number of aromatic nitrogens is 3. The number of carbonyl (C=O) groups is 1. The van der Waals surface area contributed by atoms with Crippen molar-refractivity contribution in [2.24, 2.45) is 5.73 Å². The highest BCUT2D eigenvalue weighted by molar-refractivity contribution is 6.04. The van der Waals surface area contributed by atoms with Gasteiger partial charge >= 0.3 is 6.18 Å². The molecule has 0 aliphatic heterocycles. The highest BCUT2D eigenvalue weighted by Crippen LogP contribution is 2.35. The Morgan fingerprint density at radius 1 is 1.19 bits per heavy atom. The summed E-state index contributed by atoms with van der Waals surface area (Å²) in [7, 11) is 0. The lowest BCUT2D eigenvalue weighted by Crippen LogP contribution is -2.55. The van der Waals surface area contributed by atoms with Gasteiger partial charge in [0, 0.05) is 6.42 Å². The molecule has 0 bridgehead atoms. The second-order valence-electron chi connectivity index (χ2n) is 7.56. The fraction of sp³-hybridized carbons (Fsp3) is 0.350. The molecule has 32 heavy (non-hydrogen) atoms. The van der Waals surface area contributed by atoms with E-state index in [1.165, 1.54) is 35.0 Å². The number of rotatable bonds is 4. The number of fused-ring (bicyclic) bond motifs is 1. The van der Waals surface area contributed by atoms with Crippen LogP contribution in [0.1, 0.15) is 35.3 Å². The van der Waals surface area contributed by atoms with Gasteiger partial charge in [-0.1, -0.05) is 12.1 Å². The van der Waals surface area contributed by atoms with Gasteiger partial charge in [-0.05, 0) is 37.1 Å². The van der Waals surface area contributed by atoms with Crippen molar-refractivity contribution in [2.75, 3.05) is 10.6 Å². The first-order valence-electron chi connectivity index (χ1n) is 9.78. The fourth-order valence-corrected chi connectivity index (χ4v) is 3.69. The van der Waals surface area contributed by atoms with Crippen molar-refractivity contribution in [1.82, 2.24) is 14.6 Å². The Labute approximate surface area is 178 Å². The first-order chi connectivity index (χ1) is 15.1. The molecule has 2 heterocycles. The Morgan fingerprint density at radius 2 is 1.94 bits per heavy atom. The summed E-state index contributed by atoms with van der Waals surface area (Å²) in [5.74, 6) is -3.88. The summed E-state index contributed by atoms with van der Waals surface area (Å²) in [4.78, 5) is 16.8. The van der Waals surface area contributed by atoms with E-state index in [2.05, 4.69) is 20.7 Å². The fourth-order valence-electron chi connectivity index (χ4n) is 3.69. The zero-order valence-corrected chi connectivity index (χ0v) is 16.5. The Bertz CT molecular complexity index is 1140. The van der Waals surface area contributed by atoms with Gasteiger partial charge in [-0.2, -0.15) is 13.2 Å². The van der Waals surface area contributed by atoms with Crippen molar-refractivity contribution >= 4 is 23.1 Å². The number of nitrogens with two attached hydrogens (primary N) is 1. The number of nitrogens with one attached hydrogen (secondary N) is 2. The summed E-state index contributed by atoms with van der Waals surface area (Å²) in [5, 5.41) is 9.19. The van der Waals surface area contributed by atoms with Gasteiger partial charge in [0.25, 0.3) is 11.8 Å². The lowest BCUT2D eigenvalue weighted by atomic mass is 9.87. The smallest absolute Gasteiger partial charge is 0.348 e. The zero-order chi connectivity index (χ0) is 23.1. The van der Waals surface area contributed by atoms with Crippen molar-refractivity contribution in [3.8, 4) is 0 Å². The summed E-state index contributed by atoms with van der Waals surface area (Å²) < 4.78 is 68.6. The van der Waals surface area contributed by atoms with Gasteiger partial charge in [0.05, 0.1) is 35.0 Å². The summed E-state index contributed by atoms with van der Waals surface area (Å²) >= 11 is 0. The van der Waals surface area contributed by atoms with E-state index in [0.29, 0.717) is 11.9 Å². The predicted molar refractivity (Wildman–Crippen MR) is 107 cm³/mol. The van der Waals surface area contributed by atoms with Crippen LogP contribution < -0.4 is 16.4 Å². The van der Waals surface area contributed by atoms with Crippen molar-refractivity contribution in [2.45, 2.75) is 43.4 Å². The molecule has 12 heteroatoms. The quantitative estimate of drug-likeness (QED) is 0.519. The third-order valence-electron chi connectivity index (χ3n) is 5.37. The van der Waals surface area contributed by atoms with Crippen molar-refractivity contribution in [3.63, 3.8) is 0 Å². The standard InChI is InChI=1S/C20H19F5N6O/c21-19(22)9-3-6-14(16(19)26)29-18-27-10-11-7-8-15(31(11)30-18)17(32)28-13-5-2-1-4-12(13)20(23,24)25/h1-2,4-5,7-8,10,14,16H,3,6,9,26H2,(H,28,32)(H,29,30)/t14-,16-/m1/s1. The molecule has 1 amide bonds. The average molecular weight is 454 g/mol. The minimum Gasteiger partial charge on any atom is -0.348 e. The van der Waals surface area contributed by atoms with Crippen molar-refractivity contribution < 1.29 is 26.7 Å². The second kappa shape index (κ2) is 8.01. The van der Waals surface area contributed by atoms with Crippen molar-refractivity contribution in [3.05, 3.63) is 53.9 Å². The van der Waals surface area contributed by atoms with E-state index in [0.717, 1.165) is 12.1 Å². The number of alkyl halides is 5. The highest BCUT2D eigenvalue weighted by atomic mass is 19.4. The summed E-state index contributed by atoms with van der Waals surface area (Å²) in [6.45, 7) is 0. The molecule has 4 rings (SSSR count). The Balaban J connectivity index is 1.59. The number of anilines is 2. The van der Waals surface area contributed by atoms with Crippen LogP contribution in [0.4, 0.5) is 33.6 Å². The molecule has 0 radical (unpaired) electrons. The van der Waals surface area contributed by atoms with Crippen LogP contribution in [-0.4, -0.2) is 38.5 Å². The van der Waals surface area contributed by atoms with Crippen LogP contribution in [-0.2, 0) is 6.18 Å². The molecular formula is C20H19F5N6O. The number of hydrogen-bond acceptors (Lipinski definition) is 5. The summed E-state index contributed by atoms with van der Waals surface area (Å²) in [6.07, 6.45) is -2.91. The van der Waals surface area contributed by atoms with Crippen LogP contribution in [0.15, 0.2) is 42.6 Å². The molecule has 4 N–H and O–H groups in total. The van der Waals surface area contributed by atoms with E-state index in [1.54, 1.807) is 0 Å². The van der Waals surface area contributed by atoms with Gasteiger partial charge in [0.1, 0.15) is 5.69 Å². The maximum atomic E-state index is 13.9. The van der Waals surface area contributed by atoms with Gasteiger partial charge in [0.15, 0.2) is 0 Å². The average Bonchev–Trinajstić information content (AvgIpc) is 3.14. The van der Waals surface area contributed by atoms with Gasteiger partial charge in [-0.25, -0.2) is 18.3 Å². The van der Waals surface area contributed by atoms with E-state index in [-0.39, 0.29) is 24.5 Å². The van der Waals surface area contributed by atoms with E-state index < -0.39 is 41.3 Å². The number of hydrogen-bond donors (Lipinski definition) is 3. The molecule has 2 aromatic heterocycles. The first kappa shape index (κ1) is 21.9. The number of nitrogens with zero attached hydrogens (tertiary/aromatic N) is 3. The topological polar surface area (TPSA) is 97.3 Å². The molecule has 1 aromatic carbocycles. The Morgan fingerprint density at radius 3 is 2.69 bits per heavy atom. The van der Waals surface area contributed by atoms with Gasteiger partial charge in [-0.3, -0.25) is 4.79 Å². The van der Waals surface area contributed by atoms with Crippen LogP contribution in [0.5, 0.6) is 0 Å². The maximum absolute atomic E-state index is 13.9. The number of halogens is 5. The van der Waals surface area contributed by atoms with Gasteiger partial charge < -0.3 is 16.4 Å². The molecule has 0 saturated heterocycles. The third kappa shape index (κ3) is 4.22. The first-order valence-corrected chi connectivity index (χ1v) is 9.78. The molecule has 3 aromatic rings. The summed E-state index contributed by atoms with van der Waals surface area (Å²) in [6, 6.07) is 5.27. The Kier molecular flexibility index (Phi) is 5.49. The Hall–Kier alpha value is -3.28. The molecule has 1 fully saturated rings. The number of amides is 1. The number of para-hydroxylation sites is 1. The van der Waals surface area contributed by atoms with Gasteiger partial charge in [-0.15, -0.1) is 5.10 Å². The second-order valence-corrected chi connectivity index (χ2v) is 7.56. The largest absolute Gasteiger partial charge is 0.418 e. The lowest BCUT2D eigenvalue weighted by Gasteiger charge is -2.35. The highest BCUT2D eigenvalue weighted by Gasteiger charge is 2.45. The van der Waals surface area contributed by atoms with E-state index in [4.69, 9.17) is 5.73 Å². The van der Waals surface area contributed by atoms with Crippen LogP contribution in [0.25, 0.3) is 5.52 Å². The van der Waals surface area contributed by atoms with Gasteiger partial charge in [0.2, 0.25) is 5.95 Å². The summed E-state index contributed by atoms with van der Waals surface area (Å²) in [5.41, 5.74) is 4.63. The molecule has 7 nitrogen and oxygen atoms in total. The van der Waals surface area contributed by atoms with Crippen LogP contribution >= 0.6 is 0 Å². The molecule has 1 aliphatic carbocycles. The zero-order valence-electron chi connectivity index (χ0n) is 16.5. The molecule has 1 aliphatic rings. The molecule has 1 saturated carbocycles.